The first-order valence-electron chi connectivity index (χ1n) is 7.62. The summed E-state index contributed by atoms with van der Waals surface area (Å²) in [7, 11) is 0. The second-order valence-electron chi connectivity index (χ2n) is 5.76. The molecule has 0 fully saturated rings. The minimum absolute atomic E-state index is 0.0990. The van der Waals surface area contributed by atoms with Crippen molar-refractivity contribution in [2.75, 3.05) is 6.54 Å². The number of rotatable bonds is 7. The molecule has 2 heterocycles. The van der Waals surface area contributed by atoms with Gasteiger partial charge in [-0.25, -0.2) is 4.98 Å². The summed E-state index contributed by atoms with van der Waals surface area (Å²) in [5.74, 6) is 1.17. The number of amides is 2. The van der Waals surface area contributed by atoms with Crippen LogP contribution in [0.4, 0.5) is 0 Å². The topological polar surface area (TPSA) is 100 Å². The van der Waals surface area contributed by atoms with Crippen LogP contribution in [0, 0.1) is 12.8 Å². The lowest BCUT2D eigenvalue weighted by Gasteiger charge is -2.07. The van der Waals surface area contributed by atoms with E-state index >= 15 is 0 Å². The summed E-state index contributed by atoms with van der Waals surface area (Å²) in [5, 5.41) is 5.47. The van der Waals surface area contributed by atoms with Gasteiger partial charge in [0.2, 0.25) is 0 Å². The van der Waals surface area contributed by atoms with Crippen LogP contribution in [0.1, 0.15) is 52.8 Å². The number of H-pyrrole nitrogens is 1. The third-order valence-corrected chi connectivity index (χ3v) is 3.31. The van der Waals surface area contributed by atoms with Crippen molar-refractivity contribution in [3.05, 3.63) is 41.4 Å². The maximum atomic E-state index is 12.2. The third-order valence-electron chi connectivity index (χ3n) is 3.31. The first-order valence-corrected chi connectivity index (χ1v) is 7.62. The molecule has 2 amide bonds. The lowest BCUT2D eigenvalue weighted by atomic mass is 10.1. The Kier molecular flexibility index (Phi) is 5.56. The van der Waals surface area contributed by atoms with Crippen molar-refractivity contribution >= 4 is 11.8 Å². The zero-order chi connectivity index (χ0) is 16.8. The van der Waals surface area contributed by atoms with Crippen LogP contribution in [0.15, 0.2) is 22.9 Å². The zero-order valence-corrected chi connectivity index (χ0v) is 13.6. The molecule has 3 N–H and O–H groups in total. The number of carbonyl (C=O) groups excluding carboxylic acids is 2. The fourth-order valence-electron chi connectivity index (χ4n) is 2.03. The molecule has 124 valence electrons. The maximum Gasteiger partial charge on any atom is 0.272 e. The smallest absolute Gasteiger partial charge is 0.272 e. The predicted octanol–water partition coefficient (Wildman–Crippen LogP) is 2.02. The van der Waals surface area contributed by atoms with E-state index in [2.05, 4.69) is 34.4 Å². The highest BCUT2D eigenvalue weighted by Crippen LogP contribution is 2.07. The molecule has 0 spiro atoms. The molecular formula is C16H22N4O3. The van der Waals surface area contributed by atoms with Crippen molar-refractivity contribution in [3.63, 3.8) is 0 Å². The number of furan rings is 1. The van der Waals surface area contributed by atoms with Crippen LogP contribution in [0.2, 0.25) is 0 Å². The van der Waals surface area contributed by atoms with Crippen LogP contribution in [-0.4, -0.2) is 28.3 Å². The molecular weight excluding hydrogens is 296 g/mol. The second-order valence-corrected chi connectivity index (χ2v) is 5.76. The third kappa shape index (κ3) is 4.70. The summed E-state index contributed by atoms with van der Waals surface area (Å²) in [5.41, 5.74) is 0.247. The molecule has 0 saturated heterocycles. The van der Waals surface area contributed by atoms with Crippen molar-refractivity contribution in [3.8, 4) is 0 Å². The quantitative estimate of drug-likeness (QED) is 0.727. The molecule has 7 heteroatoms. The number of hydrogen-bond donors (Lipinski definition) is 3. The van der Waals surface area contributed by atoms with Gasteiger partial charge in [-0.2, -0.15) is 0 Å². The number of aromatic nitrogens is 2. The number of nitrogens with one attached hydrogen (secondary N) is 3. The number of hydrogen-bond acceptors (Lipinski definition) is 4. The Bertz CT molecular complexity index is 672. The summed E-state index contributed by atoms with van der Waals surface area (Å²) in [4.78, 5) is 30.9. The normalized spacial score (nSPS) is 10.8. The minimum atomic E-state index is -0.398. The van der Waals surface area contributed by atoms with E-state index < -0.39 is 5.91 Å². The first-order chi connectivity index (χ1) is 11.0. The molecule has 23 heavy (non-hydrogen) atoms. The molecule has 0 radical (unpaired) electrons. The van der Waals surface area contributed by atoms with Crippen LogP contribution in [-0.2, 0) is 6.54 Å². The highest BCUT2D eigenvalue weighted by molar-refractivity contribution is 6.04. The maximum absolute atomic E-state index is 12.2. The highest BCUT2D eigenvalue weighted by atomic mass is 16.3. The fraction of sp³-hybridized carbons (Fsp3) is 0.438. The highest BCUT2D eigenvalue weighted by Gasteiger charge is 2.20. The van der Waals surface area contributed by atoms with E-state index in [-0.39, 0.29) is 23.8 Å². The monoisotopic (exact) mass is 318 g/mol. The number of aryl methyl sites for hydroxylation is 1. The molecule has 0 aliphatic rings. The summed E-state index contributed by atoms with van der Waals surface area (Å²) in [6.07, 6.45) is 2.21. The number of imidazole rings is 1. The Morgan fingerprint density at radius 1 is 1.26 bits per heavy atom. The Morgan fingerprint density at radius 2 is 2.04 bits per heavy atom. The van der Waals surface area contributed by atoms with Gasteiger partial charge in [-0.3, -0.25) is 9.59 Å². The molecule has 0 unspecified atom stereocenters. The lowest BCUT2D eigenvalue weighted by molar-refractivity contribution is 0.0910. The van der Waals surface area contributed by atoms with Gasteiger partial charge in [0.05, 0.1) is 12.9 Å². The van der Waals surface area contributed by atoms with E-state index in [1.165, 1.54) is 6.33 Å². The lowest BCUT2D eigenvalue weighted by Crippen LogP contribution is -2.30. The standard InChI is InChI=1S/C16H22N4O3/c1-10(2)6-7-17-15(21)13-14(20-9-19-13)16(22)18-8-12-5-4-11(3)23-12/h4-5,9-10H,6-8H2,1-3H3,(H,17,21)(H,18,22)(H,19,20). The molecule has 0 atom stereocenters. The number of nitrogens with zero attached hydrogens (tertiary/aromatic N) is 1. The van der Waals surface area contributed by atoms with Gasteiger partial charge in [0, 0.05) is 6.54 Å². The first kappa shape index (κ1) is 16.8. The van der Waals surface area contributed by atoms with Gasteiger partial charge in [-0.05, 0) is 31.4 Å². The van der Waals surface area contributed by atoms with E-state index in [9.17, 15) is 9.59 Å². The van der Waals surface area contributed by atoms with Crippen molar-refractivity contribution in [2.24, 2.45) is 5.92 Å². The van der Waals surface area contributed by atoms with Crippen LogP contribution in [0.5, 0.6) is 0 Å². The summed E-state index contributed by atoms with van der Waals surface area (Å²) < 4.78 is 5.38. The van der Waals surface area contributed by atoms with Gasteiger partial charge in [0.1, 0.15) is 17.2 Å². The average molecular weight is 318 g/mol. The molecule has 7 nitrogen and oxygen atoms in total. The molecule has 2 aromatic heterocycles. The Morgan fingerprint density at radius 3 is 2.70 bits per heavy atom. The van der Waals surface area contributed by atoms with Gasteiger partial charge in [-0.1, -0.05) is 13.8 Å². The summed E-state index contributed by atoms with van der Waals surface area (Å²) in [6, 6.07) is 3.62. The van der Waals surface area contributed by atoms with E-state index in [4.69, 9.17) is 4.42 Å². The van der Waals surface area contributed by atoms with Crippen LogP contribution < -0.4 is 10.6 Å². The van der Waals surface area contributed by atoms with Crippen LogP contribution >= 0.6 is 0 Å². The largest absolute Gasteiger partial charge is 0.465 e. The zero-order valence-electron chi connectivity index (χ0n) is 13.6. The fourth-order valence-corrected chi connectivity index (χ4v) is 2.03. The average Bonchev–Trinajstić information content (AvgIpc) is 3.13. The Hall–Kier alpha value is -2.57. The van der Waals surface area contributed by atoms with Gasteiger partial charge in [0.25, 0.3) is 11.8 Å². The summed E-state index contributed by atoms with van der Waals surface area (Å²) in [6.45, 7) is 6.79. The molecule has 2 rings (SSSR count). The molecule has 0 saturated carbocycles. The Labute approximate surface area is 134 Å². The van der Waals surface area contributed by atoms with Crippen molar-refractivity contribution in [1.29, 1.82) is 0 Å². The summed E-state index contributed by atoms with van der Waals surface area (Å²) >= 11 is 0. The van der Waals surface area contributed by atoms with E-state index in [0.717, 1.165) is 12.2 Å². The molecule has 0 bridgehead atoms. The van der Waals surface area contributed by atoms with Gasteiger partial charge in [-0.15, -0.1) is 0 Å². The number of carbonyl (C=O) groups is 2. The molecule has 0 aliphatic carbocycles. The van der Waals surface area contributed by atoms with Crippen molar-refractivity contribution < 1.29 is 14.0 Å². The Balaban J connectivity index is 1.93. The molecule has 0 aliphatic heterocycles. The second kappa shape index (κ2) is 7.62. The van der Waals surface area contributed by atoms with Crippen molar-refractivity contribution in [2.45, 2.75) is 33.7 Å². The molecule has 2 aromatic rings. The van der Waals surface area contributed by atoms with Crippen LogP contribution in [0.25, 0.3) is 0 Å². The minimum Gasteiger partial charge on any atom is -0.465 e. The SMILES string of the molecule is Cc1ccc(CNC(=O)c2[nH]cnc2C(=O)NCCC(C)C)o1. The number of aromatic amines is 1. The van der Waals surface area contributed by atoms with E-state index in [1.807, 2.05) is 13.0 Å². The van der Waals surface area contributed by atoms with E-state index in [0.29, 0.717) is 18.2 Å². The van der Waals surface area contributed by atoms with E-state index in [1.54, 1.807) is 6.07 Å². The van der Waals surface area contributed by atoms with Gasteiger partial charge >= 0.3 is 0 Å². The van der Waals surface area contributed by atoms with Gasteiger partial charge < -0.3 is 20.0 Å². The predicted molar refractivity (Wildman–Crippen MR) is 85.0 cm³/mol. The van der Waals surface area contributed by atoms with Gasteiger partial charge in [0.15, 0.2) is 5.69 Å². The van der Waals surface area contributed by atoms with Crippen molar-refractivity contribution in [1.82, 2.24) is 20.6 Å². The van der Waals surface area contributed by atoms with Crippen LogP contribution in [0.3, 0.4) is 0 Å². The molecule has 0 aromatic carbocycles.